The Morgan fingerprint density at radius 1 is 0.792 bits per heavy atom. The zero-order valence-electron chi connectivity index (χ0n) is 13.7. The van der Waals surface area contributed by atoms with E-state index in [1.165, 1.54) is 7.11 Å². The van der Waals surface area contributed by atoms with Crippen LogP contribution in [0.3, 0.4) is 0 Å². The van der Waals surface area contributed by atoms with Crippen molar-refractivity contribution in [3.8, 4) is 11.5 Å². The summed E-state index contributed by atoms with van der Waals surface area (Å²) < 4.78 is 10.4. The van der Waals surface area contributed by atoms with Crippen molar-refractivity contribution in [2.24, 2.45) is 0 Å². The van der Waals surface area contributed by atoms with E-state index in [4.69, 9.17) is 9.47 Å². The molecular weight excluding hydrogens is 308 g/mol. The van der Waals surface area contributed by atoms with Gasteiger partial charge in [0.15, 0.2) is 11.5 Å². The minimum absolute atomic E-state index is 0.220. The highest BCUT2D eigenvalue weighted by molar-refractivity contribution is 6.35. The van der Waals surface area contributed by atoms with Gasteiger partial charge < -0.3 is 20.1 Å². The molecule has 2 amide bonds. The van der Waals surface area contributed by atoms with Crippen molar-refractivity contribution >= 4 is 11.8 Å². The molecule has 0 aliphatic carbocycles. The van der Waals surface area contributed by atoms with Crippen LogP contribution >= 0.6 is 0 Å². The maximum atomic E-state index is 11.8. The summed E-state index contributed by atoms with van der Waals surface area (Å²) in [5.74, 6) is -0.175. The summed E-state index contributed by atoms with van der Waals surface area (Å²) in [4.78, 5) is 23.6. The van der Waals surface area contributed by atoms with E-state index < -0.39 is 11.8 Å². The van der Waals surface area contributed by atoms with Crippen LogP contribution in [-0.4, -0.2) is 26.0 Å². The lowest BCUT2D eigenvalue weighted by atomic mass is 10.2. The summed E-state index contributed by atoms with van der Waals surface area (Å²) in [5.41, 5.74) is 1.73. The van der Waals surface area contributed by atoms with Crippen molar-refractivity contribution < 1.29 is 19.1 Å². The van der Waals surface area contributed by atoms with Gasteiger partial charge in [-0.3, -0.25) is 9.59 Å². The van der Waals surface area contributed by atoms with Crippen molar-refractivity contribution in [1.29, 1.82) is 0 Å². The zero-order valence-corrected chi connectivity index (χ0v) is 13.7. The van der Waals surface area contributed by atoms with E-state index in [9.17, 15) is 9.59 Å². The van der Waals surface area contributed by atoms with Crippen LogP contribution in [-0.2, 0) is 22.7 Å². The van der Waals surface area contributed by atoms with Crippen LogP contribution in [0.2, 0.25) is 0 Å². The number of benzene rings is 2. The van der Waals surface area contributed by atoms with Crippen molar-refractivity contribution in [3.05, 3.63) is 59.7 Å². The third-order valence-corrected chi connectivity index (χ3v) is 3.40. The summed E-state index contributed by atoms with van der Waals surface area (Å²) in [6, 6.07) is 14.7. The molecule has 0 aliphatic heterocycles. The van der Waals surface area contributed by atoms with Crippen molar-refractivity contribution in [3.63, 3.8) is 0 Å². The molecule has 0 aliphatic rings. The maximum Gasteiger partial charge on any atom is 0.309 e. The molecule has 0 unspecified atom stereocenters. The fourth-order valence-corrected chi connectivity index (χ4v) is 2.11. The van der Waals surface area contributed by atoms with Gasteiger partial charge in [0, 0.05) is 13.1 Å². The Kier molecular flexibility index (Phi) is 6.19. The normalized spacial score (nSPS) is 9.92. The average Bonchev–Trinajstić information content (AvgIpc) is 2.64. The molecule has 2 aromatic carbocycles. The highest BCUT2D eigenvalue weighted by Gasteiger charge is 2.13. The Bertz CT molecular complexity index is 701. The van der Waals surface area contributed by atoms with E-state index in [-0.39, 0.29) is 6.54 Å². The maximum absolute atomic E-state index is 11.8. The van der Waals surface area contributed by atoms with Gasteiger partial charge in [-0.25, -0.2) is 0 Å². The number of carbonyl (C=O) groups excluding carboxylic acids is 2. The summed E-state index contributed by atoms with van der Waals surface area (Å²) in [5, 5.41) is 5.16. The second-order valence-corrected chi connectivity index (χ2v) is 5.04. The molecule has 0 spiro atoms. The molecule has 0 heterocycles. The van der Waals surface area contributed by atoms with E-state index in [0.717, 1.165) is 11.1 Å². The Hall–Kier alpha value is -3.02. The van der Waals surface area contributed by atoms with Gasteiger partial charge in [0.25, 0.3) is 0 Å². The second-order valence-electron chi connectivity index (χ2n) is 5.04. The Balaban J connectivity index is 1.85. The average molecular weight is 328 g/mol. The first-order valence-corrected chi connectivity index (χ1v) is 7.45. The van der Waals surface area contributed by atoms with Crippen molar-refractivity contribution in [2.75, 3.05) is 14.2 Å². The van der Waals surface area contributed by atoms with Gasteiger partial charge in [0.1, 0.15) is 0 Å². The van der Waals surface area contributed by atoms with Gasteiger partial charge in [-0.1, -0.05) is 36.4 Å². The van der Waals surface area contributed by atoms with E-state index in [1.807, 2.05) is 30.3 Å². The van der Waals surface area contributed by atoms with Crippen molar-refractivity contribution in [1.82, 2.24) is 10.6 Å². The fourth-order valence-electron chi connectivity index (χ4n) is 2.11. The molecule has 0 bridgehead atoms. The summed E-state index contributed by atoms with van der Waals surface area (Å²) in [6.45, 7) is 0.529. The minimum Gasteiger partial charge on any atom is -0.493 e. The minimum atomic E-state index is -0.680. The summed E-state index contributed by atoms with van der Waals surface area (Å²) >= 11 is 0. The van der Waals surface area contributed by atoms with Crippen LogP contribution in [0.15, 0.2) is 48.5 Å². The standard InChI is InChI=1S/C18H20N2O4/c1-23-15-9-8-14(10-16(15)24-2)12-20-18(22)17(21)19-11-13-6-4-3-5-7-13/h3-10H,11-12H2,1-2H3,(H,19,21)(H,20,22). The molecule has 6 heteroatoms. The number of methoxy groups -OCH3 is 2. The molecule has 0 atom stereocenters. The van der Waals surface area contributed by atoms with Crippen LogP contribution in [0.25, 0.3) is 0 Å². The zero-order chi connectivity index (χ0) is 17.4. The number of ether oxygens (including phenoxy) is 2. The molecule has 0 radical (unpaired) electrons. The lowest BCUT2D eigenvalue weighted by Crippen LogP contribution is -2.39. The topological polar surface area (TPSA) is 76.7 Å². The number of hydrogen-bond donors (Lipinski definition) is 2. The second kappa shape index (κ2) is 8.57. The Labute approximate surface area is 140 Å². The highest BCUT2D eigenvalue weighted by atomic mass is 16.5. The lowest BCUT2D eigenvalue weighted by Gasteiger charge is -2.10. The predicted octanol–water partition coefficient (Wildman–Crippen LogP) is 1.64. The molecule has 2 aromatic rings. The predicted molar refractivity (Wildman–Crippen MR) is 89.7 cm³/mol. The Morgan fingerprint density at radius 2 is 1.38 bits per heavy atom. The number of carbonyl (C=O) groups is 2. The highest BCUT2D eigenvalue weighted by Crippen LogP contribution is 2.27. The van der Waals surface area contributed by atoms with E-state index in [2.05, 4.69) is 10.6 Å². The van der Waals surface area contributed by atoms with Gasteiger partial charge in [0.2, 0.25) is 0 Å². The van der Waals surface area contributed by atoms with E-state index in [1.54, 1.807) is 25.3 Å². The first-order chi connectivity index (χ1) is 11.6. The van der Waals surface area contributed by atoms with Crippen LogP contribution in [0.5, 0.6) is 11.5 Å². The lowest BCUT2D eigenvalue weighted by molar-refractivity contribution is -0.139. The van der Waals surface area contributed by atoms with Crippen LogP contribution in [0, 0.1) is 0 Å². The molecule has 0 aromatic heterocycles. The van der Waals surface area contributed by atoms with E-state index >= 15 is 0 Å². The van der Waals surface area contributed by atoms with Crippen LogP contribution < -0.4 is 20.1 Å². The molecule has 6 nitrogen and oxygen atoms in total. The summed E-state index contributed by atoms with van der Waals surface area (Å²) in [7, 11) is 3.09. The number of rotatable bonds is 6. The van der Waals surface area contributed by atoms with Gasteiger partial charge >= 0.3 is 11.8 Å². The monoisotopic (exact) mass is 328 g/mol. The Morgan fingerprint density at radius 3 is 1.96 bits per heavy atom. The molecule has 126 valence electrons. The van der Waals surface area contributed by atoms with Crippen LogP contribution in [0.4, 0.5) is 0 Å². The van der Waals surface area contributed by atoms with E-state index in [0.29, 0.717) is 18.0 Å². The SMILES string of the molecule is COc1ccc(CNC(=O)C(=O)NCc2ccccc2)cc1OC. The first-order valence-electron chi connectivity index (χ1n) is 7.45. The van der Waals surface area contributed by atoms with Gasteiger partial charge in [0.05, 0.1) is 14.2 Å². The molecule has 24 heavy (non-hydrogen) atoms. The van der Waals surface area contributed by atoms with Gasteiger partial charge in [-0.05, 0) is 23.3 Å². The fraction of sp³-hybridized carbons (Fsp3) is 0.222. The molecule has 0 saturated carbocycles. The molecule has 0 saturated heterocycles. The van der Waals surface area contributed by atoms with Gasteiger partial charge in [-0.15, -0.1) is 0 Å². The third kappa shape index (κ3) is 4.74. The first kappa shape index (κ1) is 17.3. The smallest absolute Gasteiger partial charge is 0.309 e. The number of hydrogen-bond acceptors (Lipinski definition) is 4. The van der Waals surface area contributed by atoms with Gasteiger partial charge in [-0.2, -0.15) is 0 Å². The largest absolute Gasteiger partial charge is 0.493 e. The van der Waals surface area contributed by atoms with Crippen molar-refractivity contribution in [2.45, 2.75) is 13.1 Å². The quantitative estimate of drug-likeness (QED) is 0.790. The molecule has 2 rings (SSSR count). The van der Waals surface area contributed by atoms with Crippen LogP contribution in [0.1, 0.15) is 11.1 Å². The molecule has 2 N–H and O–H groups in total. The number of amides is 2. The number of nitrogens with one attached hydrogen (secondary N) is 2. The molecule has 0 fully saturated rings. The third-order valence-electron chi connectivity index (χ3n) is 3.40. The molecular formula is C18H20N2O4. The summed E-state index contributed by atoms with van der Waals surface area (Å²) in [6.07, 6.45) is 0.